The molecule has 28 heavy (non-hydrogen) atoms. The Hall–Kier alpha value is -2.20. The van der Waals surface area contributed by atoms with E-state index in [1.807, 2.05) is 18.2 Å². The zero-order chi connectivity index (χ0) is 19.7. The molecule has 5 unspecified atom stereocenters. The smallest absolute Gasteiger partial charge is 0.319 e. The van der Waals surface area contributed by atoms with Crippen molar-refractivity contribution in [3.05, 3.63) is 30.3 Å². The van der Waals surface area contributed by atoms with Crippen LogP contribution in [0.5, 0.6) is 0 Å². The van der Waals surface area contributed by atoms with Gasteiger partial charge in [-0.25, -0.2) is 4.79 Å². The number of piperazine rings is 1. The lowest BCUT2D eigenvalue weighted by molar-refractivity contribution is -0.185. The number of carbonyl (C=O) groups excluding carboxylic acids is 2. The van der Waals surface area contributed by atoms with E-state index >= 15 is 0 Å². The summed E-state index contributed by atoms with van der Waals surface area (Å²) in [6.45, 7) is 4.32. The van der Waals surface area contributed by atoms with Crippen LogP contribution in [0.15, 0.2) is 30.3 Å². The van der Waals surface area contributed by atoms with Gasteiger partial charge in [-0.2, -0.15) is 0 Å². The molecule has 3 N–H and O–H groups in total. The monoisotopic (exact) mass is 390 g/mol. The van der Waals surface area contributed by atoms with Gasteiger partial charge in [-0.05, 0) is 12.1 Å². The number of benzene rings is 1. The number of nitrogens with one attached hydrogen (secondary N) is 2. The van der Waals surface area contributed by atoms with E-state index < -0.39 is 36.6 Å². The van der Waals surface area contributed by atoms with Crippen LogP contribution in [-0.4, -0.2) is 90.2 Å². The largest absolute Gasteiger partial charge is 0.389 e. The fourth-order valence-electron chi connectivity index (χ4n) is 4.14. The maximum atomic E-state index is 12.4. The molecule has 3 aliphatic heterocycles. The molecule has 9 nitrogen and oxygen atoms in total. The van der Waals surface area contributed by atoms with E-state index in [9.17, 15) is 14.7 Å². The molecule has 1 aromatic carbocycles. The molecule has 9 heteroatoms. The number of ether oxygens (including phenoxy) is 2. The molecular formula is C19H26N4O5. The SMILES string of the molecule is CC(=O)N1CCN(C2C3OCC(O3)C(NC(=O)Nc3ccccc3)C2O)CC1. The van der Waals surface area contributed by atoms with E-state index in [1.165, 1.54) is 0 Å². The Kier molecular flexibility index (Phi) is 5.49. The topological polar surface area (TPSA) is 103 Å². The summed E-state index contributed by atoms with van der Waals surface area (Å²) in [4.78, 5) is 27.8. The van der Waals surface area contributed by atoms with Crippen molar-refractivity contribution < 1.29 is 24.2 Å². The van der Waals surface area contributed by atoms with Crippen LogP contribution in [0.3, 0.4) is 0 Å². The second-order valence-corrected chi connectivity index (χ2v) is 7.39. The van der Waals surface area contributed by atoms with E-state index in [0.717, 1.165) is 0 Å². The maximum absolute atomic E-state index is 12.4. The van der Waals surface area contributed by atoms with Crippen LogP contribution in [0, 0.1) is 0 Å². The van der Waals surface area contributed by atoms with Crippen LogP contribution in [0.4, 0.5) is 10.5 Å². The van der Waals surface area contributed by atoms with Gasteiger partial charge in [0.15, 0.2) is 6.29 Å². The number of aliphatic hydroxyl groups excluding tert-OH is 1. The van der Waals surface area contributed by atoms with Gasteiger partial charge in [0, 0.05) is 38.8 Å². The van der Waals surface area contributed by atoms with Gasteiger partial charge in [-0.15, -0.1) is 0 Å². The van der Waals surface area contributed by atoms with E-state index in [2.05, 4.69) is 15.5 Å². The molecule has 1 aromatic rings. The highest BCUT2D eigenvalue weighted by Crippen LogP contribution is 2.32. The first-order valence-corrected chi connectivity index (χ1v) is 9.60. The molecule has 3 saturated heterocycles. The van der Waals surface area contributed by atoms with Crippen molar-refractivity contribution in [2.45, 2.75) is 37.5 Å². The summed E-state index contributed by atoms with van der Waals surface area (Å²) in [5, 5.41) is 16.6. The van der Waals surface area contributed by atoms with E-state index in [-0.39, 0.29) is 5.91 Å². The summed E-state index contributed by atoms with van der Waals surface area (Å²) in [7, 11) is 0. The number of fused-ring (bicyclic) bond motifs is 2. The number of anilines is 1. The van der Waals surface area contributed by atoms with Gasteiger partial charge in [-0.1, -0.05) is 18.2 Å². The summed E-state index contributed by atoms with van der Waals surface area (Å²) >= 11 is 0. The molecule has 0 aliphatic carbocycles. The molecule has 3 aliphatic rings. The van der Waals surface area contributed by atoms with Crippen molar-refractivity contribution in [3.63, 3.8) is 0 Å². The first-order chi connectivity index (χ1) is 13.5. The van der Waals surface area contributed by atoms with Crippen molar-refractivity contribution in [1.29, 1.82) is 0 Å². The van der Waals surface area contributed by atoms with Gasteiger partial charge in [0.05, 0.1) is 24.8 Å². The first kappa shape index (κ1) is 19.1. The average molecular weight is 390 g/mol. The number of hydrogen-bond donors (Lipinski definition) is 3. The lowest BCUT2D eigenvalue weighted by Gasteiger charge is -2.46. The number of hydrogen-bond acceptors (Lipinski definition) is 6. The quantitative estimate of drug-likeness (QED) is 0.662. The van der Waals surface area contributed by atoms with Crippen molar-refractivity contribution in [1.82, 2.24) is 15.1 Å². The third-order valence-electron chi connectivity index (χ3n) is 5.64. The van der Waals surface area contributed by atoms with Gasteiger partial charge in [-0.3, -0.25) is 9.69 Å². The van der Waals surface area contributed by atoms with Crippen molar-refractivity contribution in [2.75, 3.05) is 38.1 Å². The molecule has 3 amide bonds. The number of para-hydroxylation sites is 1. The van der Waals surface area contributed by atoms with Gasteiger partial charge in [0.25, 0.3) is 0 Å². The molecule has 5 atom stereocenters. The van der Waals surface area contributed by atoms with Gasteiger partial charge < -0.3 is 30.1 Å². The highest BCUT2D eigenvalue weighted by atomic mass is 16.7. The average Bonchev–Trinajstić information content (AvgIpc) is 3.12. The molecule has 0 aromatic heterocycles. The predicted molar refractivity (Wildman–Crippen MR) is 101 cm³/mol. The standard InChI is InChI=1S/C19H26N4O5/c1-12(24)22-7-9-23(10-8-22)16-17(25)15(14-11-27-18(16)28-14)21-19(26)20-13-5-3-2-4-6-13/h2-6,14-18,25H,7-11H2,1H3,(H2,20,21,26). The lowest BCUT2D eigenvalue weighted by Crippen LogP contribution is -2.67. The number of carbonyl (C=O) groups is 2. The van der Waals surface area contributed by atoms with Gasteiger partial charge >= 0.3 is 6.03 Å². The third kappa shape index (κ3) is 3.83. The number of amides is 3. The second kappa shape index (κ2) is 8.04. The number of aliphatic hydroxyl groups is 1. The molecule has 0 radical (unpaired) electrons. The summed E-state index contributed by atoms with van der Waals surface area (Å²) in [6.07, 6.45) is -1.76. The van der Waals surface area contributed by atoms with Gasteiger partial charge in [0.1, 0.15) is 6.10 Å². The number of nitrogens with zero attached hydrogens (tertiary/aromatic N) is 2. The van der Waals surface area contributed by atoms with E-state index in [0.29, 0.717) is 38.5 Å². The fraction of sp³-hybridized carbons (Fsp3) is 0.579. The van der Waals surface area contributed by atoms with E-state index in [1.54, 1.807) is 24.0 Å². The molecule has 0 saturated carbocycles. The molecular weight excluding hydrogens is 364 g/mol. The Morgan fingerprint density at radius 2 is 1.86 bits per heavy atom. The Labute approximate surface area is 163 Å². The minimum absolute atomic E-state index is 0.0504. The summed E-state index contributed by atoms with van der Waals surface area (Å²) in [5.74, 6) is 0.0504. The molecule has 3 heterocycles. The maximum Gasteiger partial charge on any atom is 0.319 e. The zero-order valence-corrected chi connectivity index (χ0v) is 15.8. The summed E-state index contributed by atoms with van der Waals surface area (Å²) < 4.78 is 11.7. The Bertz CT molecular complexity index is 710. The molecule has 0 spiro atoms. The fourth-order valence-corrected chi connectivity index (χ4v) is 4.14. The van der Waals surface area contributed by atoms with Crippen LogP contribution in [-0.2, 0) is 14.3 Å². The van der Waals surface area contributed by atoms with Crippen LogP contribution >= 0.6 is 0 Å². The van der Waals surface area contributed by atoms with Crippen molar-refractivity contribution >= 4 is 17.6 Å². The lowest BCUT2D eigenvalue weighted by atomic mass is 9.94. The van der Waals surface area contributed by atoms with Crippen molar-refractivity contribution in [3.8, 4) is 0 Å². The van der Waals surface area contributed by atoms with Crippen LogP contribution in [0.25, 0.3) is 0 Å². The van der Waals surface area contributed by atoms with Crippen molar-refractivity contribution in [2.24, 2.45) is 0 Å². The second-order valence-electron chi connectivity index (χ2n) is 7.39. The molecule has 2 bridgehead atoms. The normalized spacial score (nSPS) is 32.8. The molecule has 4 rings (SSSR count). The minimum atomic E-state index is -0.836. The highest BCUT2D eigenvalue weighted by molar-refractivity contribution is 5.89. The Morgan fingerprint density at radius 1 is 1.14 bits per heavy atom. The highest BCUT2D eigenvalue weighted by Gasteiger charge is 2.52. The predicted octanol–water partition coefficient (Wildman–Crippen LogP) is -0.175. The number of urea groups is 1. The zero-order valence-electron chi connectivity index (χ0n) is 15.8. The van der Waals surface area contributed by atoms with Crippen LogP contribution in [0.2, 0.25) is 0 Å². The minimum Gasteiger partial charge on any atom is -0.389 e. The summed E-state index contributed by atoms with van der Waals surface area (Å²) in [6, 6.07) is 7.74. The molecule has 152 valence electrons. The van der Waals surface area contributed by atoms with Crippen LogP contribution < -0.4 is 10.6 Å². The van der Waals surface area contributed by atoms with E-state index in [4.69, 9.17) is 9.47 Å². The first-order valence-electron chi connectivity index (χ1n) is 9.60. The Balaban J connectivity index is 1.41. The number of rotatable bonds is 3. The Morgan fingerprint density at radius 3 is 2.54 bits per heavy atom. The van der Waals surface area contributed by atoms with Crippen LogP contribution in [0.1, 0.15) is 6.92 Å². The third-order valence-corrected chi connectivity index (χ3v) is 5.64. The van der Waals surface area contributed by atoms with Gasteiger partial charge in [0.2, 0.25) is 5.91 Å². The summed E-state index contributed by atoms with van der Waals surface area (Å²) in [5.41, 5.74) is 0.670. The molecule has 3 fully saturated rings.